The van der Waals surface area contributed by atoms with Gasteiger partial charge >= 0.3 is 12.1 Å². The van der Waals surface area contributed by atoms with Crippen LogP contribution in [0.25, 0.3) is 27.8 Å². The fourth-order valence-corrected chi connectivity index (χ4v) is 5.16. The van der Waals surface area contributed by atoms with Gasteiger partial charge in [0.25, 0.3) is 0 Å². The third-order valence-electron chi connectivity index (χ3n) is 6.70. The molecule has 1 saturated carbocycles. The number of hydrogen-bond donors (Lipinski definition) is 3. The standard InChI is InChI=1S/C24H24ClF3N6O/c1-29-21-20-19(17-11-15-3-2-4-16(25)18(15)32-17)33-22(34(20)10-9-30-21)14-7-5-13(6-8-14)12-31-23(35)24(26,27)28/h2-4,9-11,13-14,32H,5-8,12H2,1H3,(H,29,30)(H,31,35). The maximum atomic E-state index is 12.5. The van der Waals surface area contributed by atoms with Crippen molar-refractivity contribution in [2.24, 2.45) is 5.92 Å². The van der Waals surface area contributed by atoms with Crippen molar-refractivity contribution in [3.05, 3.63) is 47.5 Å². The van der Waals surface area contributed by atoms with Gasteiger partial charge in [0.1, 0.15) is 17.0 Å². The Kier molecular flexibility index (Phi) is 6.08. The van der Waals surface area contributed by atoms with Crippen LogP contribution in [0.1, 0.15) is 37.4 Å². The highest BCUT2D eigenvalue weighted by atomic mass is 35.5. The van der Waals surface area contributed by atoms with Crippen molar-refractivity contribution in [3.8, 4) is 11.4 Å². The van der Waals surface area contributed by atoms with Gasteiger partial charge in [0, 0.05) is 37.3 Å². The van der Waals surface area contributed by atoms with Gasteiger partial charge in [-0.3, -0.25) is 9.20 Å². The molecule has 4 aromatic rings. The molecule has 0 aliphatic heterocycles. The number of H-pyrrole nitrogens is 1. The number of nitrogens with zero attached hydrogens (tertiary/aromatic N) is 3. The molecule has 1 aromatic carbocycles. The molecule has 0 atom stereocenters. The van der Waals surface area contributed by atoms with E-state index in [1.165, 1.54) is 0 Å². The summed E-state index contributed by atoms with van der Waals surface area (Å²) < 4.78 is 39.5. The molecule has 0 unspecified atom stereocenters. The zero-order chi connectivity index (χ0) is 24.7. The third kappa shape index (κ3) is 4.42. The summed E-state index contributed by atoms with van der Waals surface area (Å²) >= 11 is 6.38. The van der Waals surface area contributed by atoms with Crippen LogP contribution in [0.3, 0.4) is 0 Å². The van der Waals surface area contributed by atoms with Crippen LogP contribution in [0, 0.1) is 5.92 Å². The van der Waals surface area contributed by atoms with Crippen LogP contribution in [0.2, 0.25) is 5.02 Å². The predicted octanol–water partition coefficient (Wildman–Crippen LogP) is 5.53. The molecule has 1 amide bonds. The van der Waals surface area contributed by atoms with Gasteiger partial charge in [-0.2, -0.15) is 13.2 Å². The molecular formula is C24H24ClF3N6O. The number of nitrogens with one attached hydrogen (secondary N) is 3. The van der Waals surface area contributed by atoms with E-state index in [0.29, 0.717) is 23.7 Å². The van der Waals surface area contributed by atoms with Crippen molar-refractivity contribution in [2.45, 2.75) is 37.8 Å². The zero-order valence-electron chi connectivity index (χ0n) is 18.9. The third-order valence-corrected chi connectivity index (χ3v) is 7.01. The van der Waals surface area contributed by atoms with E-state index in [1.807, 2.05) is 40.2 Å². The largest absolute Gasteiger partial charge is 0.471 e. The molecule has 5 rings (SSSR count). The number of amides is 1. The van der Waals surface area contributed by atoms with Gasteiger partial charge in [-0.1, -0.05) is 23.7 Å². The van der Waals surface area contributed by atoms with E-state index < -0.39 is 12.1 Å². The van der Waals surface area contributed by atoms with Crippen LogP contribution in [0.15, 0.2) is 36.7 Å². The van der Waals surface area contributed by atoms with Gasteiger partial charge in [-0.15, -0.1) is 0 Å². The Hall–Kier alpha value is -3.27. The summed E-state index contributed by atoms with van der Waals surface area (Å²) in [5, 5.41) is 6.77. The number of para-hydroxylation sites is 1. The lowest BCUT2D eigenvalue weighted by molar-refractivity contribution is -0.173. The van der Waals surface area contributed by atoms with Crippen molar-refractivity contribution in [1.29, 1.82) is 0 Å². The molecule has 0 radical (unpaired) electrons. The number of rotatable bonds is 5. The van der Waals surface area contributed by atoms with Gasteiger partial charge in [0.05, 0.1) is 16.2 Å². The normalized spacial score (nSPS) is 18.8. The highest BCUT2D eigenvalue weighted by molar-refractivity contribution is 6.35. The zero-order valence-corrected chi connectivity index (χ0v) is 19.7. The molecule has 3 heterocycles. The first-order valence-electron chi connectivity index (χ1n) is 11.4. The number of aromatic nitrogens is 4. The molecule has 0 spiro atoms. The van der Waals surface area contributed by atoms with Crippen LogP contribution < -0.4 is 10.6 Å². The number of carbonyl (C=O) groups excluding carboxylic acids is 1. The number of hydrogen-bond acceptors (Lipinski definition) is 4. The summed E-state index contributed by atoms with van der Waals surface area (Å²) in [5.74, 6) is -0.167. The summed E-state index contributed by atoms with van der Waals surface area (Å²) in [4.78, 5) is 24.1. The van der Waals surface area contributed by atoms with Crippen molar-refractivity contribution >= 4 is 39.7 Å². The highest BCUT2D eigenvalue weighted by Crippen LogP contribution is 2.39. The van der Waals surface area contributed by atoms with Gasteiger partial charge < -0.3 is 15.6 Å². The summed E-state index contributed by atoms with van der Waals surface area (Å²) in [7, 11) is 1.81. The summed E-state index contributed by atoms with van der Waals surface area (Å²) in [6.45, 7) is 0.0301. The molecule has 1 aliphatic rings. The second-order valence-corrected chi connectivity index (χ2v) is 9.28. The Labute approximate surface area is 204 Å². The first-order chi connectivity index (χ1) is 16.8. The van der Waals surface area contributed by atoms with E-state index in [4.69, 9.17) is 16.6 Å². The van der Waals surface area contributed by atoms with Crippen LogP contribution >= 0.6 is 11.6 Å². The van der Waals surface area contributed by atoms with Crippen LogP contribution in [0.4, 0.5) is 19.0 Å². The minimum absolute atomic E-state index is 0.00799. The molecule has 7 nitrogen and oxygen atoms in total. The molecule has 1 fully saturated rings. The van der Waals surface area contributed by atoms with Crippen LogP contribution in [-0.4, -0.2) is 45.0 Å². The fraction of sp³-hybridized carbons (Fsp3) is 0.375. The molecule has 3 N–H and O–H groups in total. The maximum absolute atomic E-state index is 12.5. The number of fused-ring (bicyclic) bond motifs is 2. The first-order valence-corrected chi connectivity index (χ1v) is 11.8. The highest BCUT2D eigenvalue weighted by Gasteiger charge is 2.39. The quantitative estimate of drug-likeness (QED) is 0.334. The SMILES string of the molecule is CNc1nccn2c(C3CCC(CNC(=O)C(F)(F)F)CC3)nc(-c3cc4cccc(Cl)c4[nH]3)c12. The maximum Gasteiger partial charge on any atom is 0.471 e. The van der Waals surface area contributed by atoms with Crippen molar-refractivity contribution in [2.75, 3.05) is 18.9 Å². The average molecular weight is 505 g/mol. The molecule has 184 valence electrons. The number of benzene rings is 1. The number of carbonyl (C=O) groups is 1. The van der Waals surface area contributed by atoms with Gasteiger partial charge in [-0.05, 0) is 43.7 Å². The topological polar surface area (TPSA) is 87.1 Å². The second kappa shape index (κ2) is 9.07. The number of alkyl halides is 3. The van der Waals surface area contributed by atoms with E-state index >= 15 is 0 Å². The number of halogens is 4. The minimum atomic E-state index is -4.85. The lowest BCUT2D eigenvalue weighted by atomic mass is 9.81. The number of anilines is 1. The van der Waals surface area contributed by atoms with E-state index in [2.05, 4.69) is 15.3 Å². The Morgan fingerprint density at radius 1 is 1.26 bits per heavy atom. The monoisotopic (exact) mass is 504 g/mol. The lowest BCUT2D eigenvalue weighted by Crippen LogP contribution is -2.40. The molecule has 35 heavy (non-hydrogen) atoms. The summed E-state index contributed by atoms with van der Waals surface area (Å²) in [5.41, 5.74) is 3.25. The molecular weight excluding hydrogens is 481 g/mol. The minimum Gasteiger partial charge on any atom is -0.371 e. The van der Waals surface area contributed by atoms with Crippen molar-refractivity contribution < 1.29 is 18.0 Å². The van der Waals surface area contributed by atoms with Gasteiger partial charge in [0.2, 0.25) is 0 Å². The van der Waals surface area contributed by atoms with Gasteiger partial charge in [0.15, 0.2) is 5.82 Å². The van der Waals surface area contributed by atoms with E-state index in [1.54, 1.807) is 13.2 Å². The molecule has 0 saturated heterocycles. The fourth-order valence-electron chi connectivity index (χ4n) is 4.93. The Bertz CT molecular complexity index is 1390. The van der Waals surface area contributed by atoms with Crippen LogP contribution in [0.5, 0.6) is 0 Å². The van der Waals surface area contributed by atoms with E-state index in [9.17, 15) is 18.0 Å². The lowest BCUT2D eigenvalue weighted by Gasteiger charge is -2.28. The molecule has 1 aliphatic carbocycles. The van der Waals surface area contributed by atoms with Gasteiger partial charge in [-0.25, -0.2) is 9.97 Å². The van der Waals surface area contributed by atoms with Crippen LogP contribution in [-0.2, 0) is 4.79 Å². The first kappa shape index (κ1) is 23.5. The van der Waals surface area contributed by atoms with E-state index in [0.717, 1.165) is 46.5 Å². The van der Waals surface area contributed by atoms with Crippen molar-refractivity contribution in [1.82, 2.24) is 24.7 Å². The number of aromatic amines is 1. The Morgan fingerprint density at radius 3 is 2.71 bits per heavy atom. The smallest absolute Gasteiger partial charge is 0.371 e. The summed E-state index contributed by atoms with van der Waals surface area (Å²) in [6, 6.07) is 7.72. The Balaban J connectivity index is 1.44. The average Bonchev–Trinajstić information content (AvgIpc) is 3.45. The molecule has 11 heteroatoms. The van der Waals surface area contributed by atoms with E-state index in [-0.39, 0.29) is 18.4 Å². The molecule has 0 bridgehead atoms. The molecule has 3 aromatic heterocycles. The van der Waals surface area contributed by atoms with Crippen molar-refractivity contribution in [3.63, 3.8) is 0 Å². The summed E-state index contributed by atoms with van der Waals surface area (Å²) in [6.07, 6.45) is 1.69. The second-order valence-electron chi connectivity index (χ2n) is 8.88. The number of imidazole rings is 1. The predicted molar refractivity (Wildman–Crippen MR) is 129 cm³/mol. The Morgan fingerprint density at radius 2 is 2.03 bits per heavy atom.